The van der Waals surface area contributed by atoms with Gasteiger partial charge in [0.1, 0.15) is 5.82 Å². The Balaban J connectivity index is 1.68. The Morgan fingerprint density at radius 2 is 2.05 bits per heavy atom. The molecule has 0 saturated heterocycles. The molecule has 96 valence electrons. The van der Waals surface area contributed by atoms with E-state index in [2.05, 4.69) is 39.7 Å². The molecule has 3 rings (SSSR count). The number of fused-ring (bicyclic) bond motifs is 1. The zero-order valence-electron chi connectivity index (χ0n) is 10.6. The lowest BCUT2D eigenvalue weighted by Gasteiger charge is -2.07. The van der Waals surface area contributed by atoms with Crippen molar-refractivity contribution in [2.75, 3.05) is 17.6 Å². The number of nitrogens with two attached hydrogens (primary N) is 1. The number of nitrogen functional groups attached to an aromatic ring is 1. The minimum Gasteiger partial charge on any atom is -0.396 e. The van der Waals surface area contributed by atoms with E-state index in [1.54, 1.807) is 6.20 Å². The van der Waals surface area contributed by atoms with Gasteiger partial charge in [-0.15, -0.1) is 0 Å². The Bertz CT molecular complexity index is 687. The van der Waals surface area contributed by atoms with Crippen molar-refractivity contribution in [1.82, 2.24) is 9.97 Å². The lowest BCUT2D eigenvalue weighted by molar-refractivity contribution is 1.02. The molecule has 0 radical (unpaired) electrons. The number of hydrogen-bond donors (Lipinski definition) is 3. The Hall–Kier alpha value is -2.49. The maximum atomic E-state index is 5.84. The third-order valence-corrected chi connectivity index (χ3v) is 3.20. The number of anilines is 2. The second-order valence-electron chi connectivity index (χ2n) is 4.48. The lowest BCUT2D eigenvalue weighted by atomic mass is 10.1. The monoisotopic (exact) mass is 252 g/mol. The normalized spacial score (nSPS) is 10.7. The molecule has 0 aliphatic rings. The van der Waals surface area contributed by atoms with Gasteiger partial charge in [0.15, 0.2) is 0 Å². The van der Waals surface area contributed by atoms with Crippen LogP contribution in [0.25, 0.3) is 10.9 Å². The number of hydrogen-bond acceptors (Lipinski definition) is 3. The molecular weight excluding hydrogens is 236 g/mol. The van der Waals surface area contributed by atoms with Crippen LogP contribution >= 0.6 is 0 Å². The molecule has 0 saturated carbocycles. The largest absolute Gasteiger partial charge is 0.396 e. The first-order valence-corrected chi connectivity index (χ1v) is 6.34. The number of rotatable bonds is 4. The van der Waals surface area contributed by atoms with Crippen molar-refractivity contribution in [1.29, 1.82) is 0 Å². The van der Waals surface area contributed by atoms with Gasteiger partial charge in [-0.2, -0.15) is 0 Å². The molecule has 0 aliphatic carbocycles. The highest BCUT2D eigenvalue weighted by molar-refractivity contribution is 5.83. The molecule has 4 N–H and O–H groups in total. The second-order valence-corrected chi connectivity index (χ2v) is 4.48. The highest BCUT2D eigenvalue weighted by atomic mass is 15.0. The van der Waals surface area contributed by atoms with Crippen LogP contribution in [-0.4, -0.2) is 16.5 Å². The quantitative estimate of drug-likeness (QED) is 0.669. The van der Waals surface area contributed by atoms with E-state index in [-0.39, 0.29) is 0 Å². The molecule has 0 fully saturated rings. The number of aromatic nitrogens is 2. The topological polar surface area (TPSA) is 66.7 Å². The van der Waals surface area contributed by atoms with Crippen LogP contribution in [0.3, 0.4) is 0 Å². The van der Waals surface area contributed by atoms with Crippen LogP contribution in [0.15, 0.2) is 48.8 Å². The SMILES string of the molecule is Nc1cccnc1NCCc1c[nH]c2ccccc12. The maximum absolute atomic E-state index is 5.84. The minimum absolute atomic E-state index is 0.682. The predicted octanol–water partition coefficient (Wildman–Crippen LogP) is 2.80. The summed E-state index contributed by atoms with van der Waals surface area (Å²) < 4.78 is 0. The van der Waals surface area contributed by atoms with Crippen LogP contribution in [0.5, 0.6) is 0 Å². The summed E-state index contributed by atoms with van der Waals surface area (Å²) in [6.07, 6.45) is 4.73. The van der Waals surface area contributed by atoms with E-state index in [9.17, 15) is 0 Å². The first kappa shape index (κ1) is 11.6. The summed E-state index contributed by atoms with van der Waals surface area (Å²) in [6, 6.07) is 12.0. The van der Waals surface area contributed by atoms with Gasteiger partial charge in [-0.3, -0.25) is 0 Å². The van der Waals surface area contributed by atoms with E-state index in [1.165, 1.54) is 16.5 Å². The summed E-state index contributed by atoms with van der Waals surface area (Å²) in [7, 11) is 0. The van der Waals surface area contributed by atoms with Crippen molar-refractivity contribution in [3.63, 3.8) is 0 Å². The molecule has 0 atom stereocenters. The average molecular weight is 252 g/mol. The molecule has 4 nitrogen and oxygen atoms in total. The smallest absolute Gasteiger partial charge is 0.149 e. The summed E-state index contributed by atoms with van der Waals surface area (Å²) in [5.74, 6) is 0.752. The molecule has 3 aromatic rings. The van der Waals surface area contributed by atoms with Crippen molar-refractivity contribution in [2.24, 2.45) is 0 Å². The second kappa shape index (κ2) is 5.02. The standard InChI is InChI=1S/C15H16N4/c16-13-5-3-8-17-15(13)18-9-7-11-10-19-14-6-2-1-4-12(11)14/h1-6,8,10,19H,7,9,16H2,(H,17,18). The van der Waals surface area contributed by atoms with Crippen molar-refractivity contribution in [3.05, 3.63) is 54.4 Å². The van der Waals surface area contributed by atoms with Crippen LogP contribution in [0.1, 0.15) is 5.56 Å². The lowest BCUT2D eigenvalue weighted by Crippen LogP contribution is -2.08. The Kier molecular flexibility index (Phi) is 3.06. The molecule has 4 heteroatoms. The van der Waals surface area contributed by atoms with Crippen molar-refractivity contribution < 1.29 is 0 Å². The molecule has 0 unspecified atom stereocenters. The molecule has 19 heavy (non-hydrogen) atoms. The third-order valence-electron chi connectivity index (χ3n) is 3.20. The van der Waals surface area contributed by atoms with Crippen LogP contribution < -0.4 is 11.1 Å². The number of para-hydroxylation sites is 1. The van der Waals surface area contributed by atoms with E-state index in [4.69, 9.17) is 5.73 Å². The summed E-state index contributed by atoms with van der Waals surface area (Å²) in [5.41, 5.74) is 9.00. The number of H-pyrrole nitrogens is 1. The molecule has 0 bridgehead atoms. The zero-order valence-corrected chi connectivity index (χ0v) is 10.6. The van der Waals surface area contributed by atoms with Gasteiger partial charge in [0, 0.05) is 29.8 Å². The van der Waals surface area contributed by atoms with Gasteiger partial charge in [0.05, 0.1) is 5.69 Å². The van der Waals surface area contributed by atoms with Crippen LogP contribution in [0.4, 0.5) is 11.5 Å². The molecule has 2 aromatic heterocycles. The number of benzene rings is 1. The molecule has 0 aliphatic heterocycles. The summed E-state index contributed by atoms with van der Waals surface area (Å²) >= 11 is 0. The summed E-state index contributed by atoms with van der Waals surface area (Å²) in [5, 5.41) is 4.54. The highest BCUT2D eigenvalue weighted by Crippen LogP contribution is 2.18. The van der Waals surface area contributed by atoms with Crippen LogP contribution in [0.2, 0.25) is 0 Å². The van der Waals surface area contributed by atoms with Gasteiger partial charge in [-0.1, -0.05) is 18.2 Å². The van der Waals surface area contributed by atoms with E-state index in [0.717, 1.165) is 18.8 Å². The van der Waals surface area contributed by atoms with Crippen LogP contribution in [0, 0.1) is 0 Å². The van der Waals surface area contributed by atoms with E-state index >= 15 is 0 Å². The van der Waals surface area contributed by atoms with Gasteiger partial charge in [-0.25, -0.2) is 4.98 Å². The number of nitrogens with one attached hydrogen (secondary N) is 2. The maximum Gasteiger partial charge on any atom is 0.149 e. The zero-order chi connectivity index (χ0) is 13.1. The molecular formula is C15H16N4. The van der Waals surface area contributed by atoms with Gasteiger partial charge in [0.2, 0.25) is 0 Å². The van der Waals surface area contributed by atoms with E-state index in [1.807, 2.05) is 18.2 Å². The predicted molar refractivity (Wildman–Crippen MR) is 79.1 cm³/mol. The van der Waals surface area contributed by atoms with Gasteiger partial charge in [0.25, 0.3) is 0 Å². The fourth-order valence-corrected chi connectivity index (χ4v) is 2.22. The number of aromatic amines is 1. The molecule has 0 spiro atoms. The van der Waals surface area contributed by atoms with E-state index < -0.39 is 0 Å². The van der Waals surface area contributed by atoms with E-state index in [0.29, 0.717) is 5.69 Å². The molecule has 0 amide bonds. The first-order valence-electron chi connectivity index (χ1n) is 6.34. The molecule has 1 aromatic carbocycles. The Labute approximate surface area is 111 Å². The fourth-order valence-electron chi connectivity index (χ4n) is 2.22. The Morgan fingerprint density at radius 1 is 1.16 bits per heavy atom. The fraction of sp³-hybridized carbons (Fsp3) is 0.133. The van der Waals surface area contributed by atoms with Crippen molar-refractivity contribution in [2.45, 2.75) is 6.42 Å². The van der Waals surface area contributed by atoms with Gasteiger partial charge in [-0.05, 0) is 30.2 Å². The minimum atomic E-state index is 0.682. The highest BCUT2D eigenvalue weighted by Gasteiger charge is 2.03. The van der Waals surface area contributed by atoms with Crippen LogP contribution in [-0.2, 0) is 6.42 Å². The van der Waals surface area contributed by atoms with Gasteiger partial charge >= 0.3 is 0 Å². The summed E-state index contributed by atoms with van der Waals surface area (Å²) in [6.45, 7) is 0.809. The van der Waals surface area contributed by atoms with Gasteiger partial charge < -0.3 is 16.0 Å². The number of pyridine rings is 1. The first-order chi connectivity index (χ1) is 9.34. The molecule has 2 heterocycles. The number of nitrogens with zero attached hydrogens (tertiary/aromatic N) is 1. The van der Waals surface area contributed by atoms with Crippen molar-refractivity contribution in [3.8, 4) is 0 Å². The third kappa shape index (κ3) is 2.38. The average Bonchev–Trinajstić information content (AvgIpc) is 2.85. The Morgan fingerprint density at radius 3 is 2.95 bits per heavy atom. The summed E-state index contributed by atoms with van der Waals surface area (Å²) in [4.78, 5) is 7.50. The van der Waals surface area contributed by atoms with Crippen molar-refractivity contribution >= 4 is 22.4 Å².